The van der Waals surface area contributed by atoms with Gasteiger partial charge in [0.05, 0.1) is 0 Å². The smallest absolute Gasteiger partial charge is 0.277 e. The minimum atomic E-state index is -3.37. The van der Waals surface area contributed by atoms with Crippen molar-refractivity contribution in [2.24, 2.45) is 0 Å². The van der Waals surface area contributed by atoms with E-state index in [1.54, 1.807) is 0 Å². The molecule has 1 saturated heterocycles. The van der Waals surface area contributed by atoms with E-state index in [1.165, 1.54) is 0 Å². The van der Waals surface area contributed by atoms with Crippen molar-refractivity contribution in [3.8, 4) is 0 Å². The van der Waals surface area contributed by atoms with Gasteiger partial charge in [0.2, 0.25) is 0 Å². The van der Waals surface area contributed by atoms with E-state index in [-0.39, 0.29) is 6.04 Å². The summed E-state index contributed by atoms with van der Waals surface area (Å²) in [5, 5.41) is 3.24. The van der Waals surface area contributed by atoms with Crippen molar-refractivity contribution in [1.29, 1.82) is 0 Å². The summed E-state index contributed by atoms with van der Waals surface area (Å²) in [6.07, 6.45) is 2.16. The summed E-state index contributed by atoms with van der Waals surface area (Å²) in [5.41, 5.74) is -0.436. The minimum Gasteiger partial charge on any atom is -0.313 e. The van der Waals surface area contributed by atoms with Crippen molar-refractivity contribution >= 4 is 10.2 Å². The lowest BCUT2D eigenvalue weighted by Crippen LogP contribution is -2.49. The van der Waals surface area contributed by atoms with Gasteiger partial charge in [0.15, 0.2) is 0 Å². The molecule has 1 heterocycles. The van der Waals surface area contributed by atoms with Crippen LogP contribution in [0.2, 0.25) is 0 Å². The van der Waals surface area contributed by atoms with E-state index in [9.17, 15) is 8.42 Å². The first-order valence-electron chi connectivity index (χ1n) is 5.30. The molecular weight excluding hydrogens is 214 g/mol. The second-order valence-corrected chi connectivity index (χ2v) is 6.50. The maximum absolute atomic E-state index is 11.6. The van der Waals surface area contributed by atoms with Crippen LogP contribution in [-0.4, -0.2) is 33.1 Å². The summed E-state index contributed by atoms with van der Waals surface area (Å²) in [5.74, 6) is 0. The lowest BCUT2D eigenvalue weighted by molar-refractivity contribution is 0.478. The highest BCUT2D eigenvalue weighted by atomic mass is 32.2. The average Bonchev–Trinajstić information content (AvgIpc) is 2.47. The van der Waals surface area contributed by atoms with E-state index in [0.717, 1.165) is 19.4 Å². The van der Waals surface area contributed by atoms with Crippen LogP contribution < -0.4 is 14.8 Å². The Morgan fingerprint density at radius 1 is 1.40 bits per heavy atom. The third kappa shape index (κ3) is 5.46. The molecule has 0 aliphatic carbocycles. The maximum atomic E-state index is 11.6. The fraction of sp³-hybridized carbons (Fsp3) is 1.00. The SMILES string of the molecule is CC(C)(C)NS(=O)(=O)NCC1CCCN1. The molecule has 0 aromatic heterocycles. The zero-order valence-corrected chi connectivity index (χ0v) is 10.4. The van der Waals surface area contributed by atoms with Gasteiger partial charge in [-0.05, 0) is 40.2 Å². The number of hydrogen-bond acceptors (Lipinski definition) is 3. The highest BCUT2D eigenvalue weighted by Crippen LogP contribution is 2.04. The first-order valence-corrected chi connectivity index (χ1v) is 6.79. The fourth-order valence-corrected chi connectivity index (χ4v) is 2.88. The summed E-state index contributed by atoms with van der Waals surface area (Å²) in [7, 11) is -3.37. The Morgan fingerprint density at radius 3 is 2.53 bits per heavy atom. The van der Waals surface area contributed by atoms with Crippen LogP contribution in [0.1, 0.15) is 33.6 Å². The van der Waals surface area contributed by atoms with Gasteiger partial charge < -0.3 is 5.32 Å². The number of nitrogens with one attached hydrogen (secondary N) is 3. The summed E-state index contributed by atoms with van der Waals surface area (Å²) < 4.78 is 28.2. The Balaban J connectivity index is 2.36. The molecular formula is C9H21N3O2S. The molecule has 0 aromatic carbocycles. The van der Waals surface area contributed by atoms with Gasteiger partial charge in [0.25, 0.3) is 10.2 Å². The van der Waals surface area contributed by atoms with Crippen LogP contribution in [0.5, 0.6) is 0 Å². The molecule has 1 unspecified atom stereocenters. The molecule has 1 aliphatic rings. The van der Waals surface area contributed by atoms with Gasteiger partial charge in [0, 0.05) is 18.1 Å². The van der Waals surface area contributed by atoms with Gasteiger partial charge in [-0.2, -0.15) is 13.1 Å². The third-order valence-electron chi connectivity index (χ3n) is 2.12. The summed E-state index contributed by atoms with van der Waals surface area (Å²) >= 11 is 0. The van der Waals surface area contributed by atoms with Crippen molar-refractivity contribution in [2.75, 3.05) is 13.1 Å². The predicted octanol–water partition coefficient (Wildman–Crippen LogP) is -0.0391. The molecule has 3 N–H and O–H groups in total. The van der Waals surface area contributed by atoms with Gasteiger partial charge in [-0.1, -0.05) is 0 Å². The van der Waals surface area contributed by atoms with Gasteiger partial charge in [-0.3, -0.25) is 0 Å². The van der Waals surface area contributed by atoms with Gasteiger partial charge >= 0.3 is 0 Å². The van der Waals surface area contributed by atoms with Crippen LogP contribution in [-0.2, 0) is 10.2 Å². The van der Waals surface area contributed by atoms with Crippen molar-refractivity contribution in [3.05, 3.63) is 0 Å². The van der Waals surface area contributed by atoms with Crippen molar-refractivity contribution in [2.45, 2.75) is 45.2 Å². The maximum Gasteiger partial charge on any atom is 0.277 e. The zero-order chi connectivity index (χ0) is 11.5. The molecule has 15 heavy (non-hydrogen) atoms. The largest absolute Gasteiger partial charge is 0.313 e. The lowest BCUT2D eigenvalue weighted by atomic mass is 10.1. The van der Waals surface area contributed by atoms with Crippen LogP contribution >= 0.6 is 0 Å². The van der Waals surface area contributed by atoms with Crippen molar-refractivity contribution in [3.63, 3.8) is 0 Å². The Bertz CT molecular complexity index is 289. The minimum absolute atomic E-state index is 0.279. The normalized spacial score (nSPS) is 23.3. The molecule has 0 spiro atoms. The Kier molecular flexibility index (Phi) is 4.11. The van der Waals surface area contributed by atoms with Gasteiger partial charge in [-0.25, -0.2) is 4.72 Å². The highest BCUT2D eigenvalue weighted by Gasteiger charge is 2.21. The monoisotopic (exact) mass is 235 g/mol. The van der Waals surface area contributed by atoms with E-state index in [2.05, 4.69) is 14.8 Å². The first kappa shape index (κ1) is 12.9. The molecule has 90 valence electrons. The summed E-state index contributed by atoms with van der Waals surface area (Å²) in [6.45, 7) is 6.91. The molecule has 5 nitrogen and oxygen atoms in total. The van der Waals surface area contributed by atoms with Crippen LogP contribution in [0.15, 0.2) is 0 Å². The topological polar surface area (TPSA) is 70.2 Å². The summed E-state index contributed by atoms with van der Waals surface area (Å²) in [6, 6.07) is 0.279. The van der Waals surface area contributed by atoms with Crippen LogP contribution in [0, 0.1) is 0 Å². The molecule has 0 aromatic rings. The Labute approximate surface area is 92.2 Å². The van der Waals surface area contributed by atoms with E-state index in [1.807, 2.05) is 20.8 Å². The number of rotatable bonds is 4. The van der Waals surface area contributed by atoms with E-state index in [4.69, 9.17) is 0 Å². The molecule has 0 radical (unpaired) electrons. The Morgan fingerprint density at radius 2 is 2.07 bits per heavy atom. The Hall–Kier alpha value is -0.170. The average molecular weight is 235 g/mol. The van der Waals surface area contributed by atoms with Crippen LogP contribution in [0.25, 0.3) is 0 Å². The predicted molar refractivity (Wildman–Crippen MR) is 60.8 cm³/mol. The quantitative estimate of drug-likeness (QED) is 0.640. The molecule has 0 saturated carbocycles. The molecule has 0 bridgehead atoms. The first-order chi connectivity index (χ1) is 6.79. The molecule has 1 fully saturated rings. The van der Waals surface area contributed by atoms with E-state index in [0.29, 0.717) is 6.54 Å². The standard InChI is InChI=1S/C9H21N3O2S/c1-9(2,3)12-15(13,14)11-7-8-5-4-6-10-8/h8,10-12H,4-7H2,1-3H3. The van der Waals surface area contributed by atoms with E-state index < -0.39 is 15.7 Å². The third-order valence-corrected chi connectivity index (χ3v) is 3.55. The zero-order valence-electron chi connectivity index (χ0n) is 9.63. The lowest BCUT2D eigenvalue weighted by Gasteiger charge is -2.21. The second kappa shape index (κ2) is 4.78. The number of hydrogen-bond donors (Lipinski definition) is 3. The van der Waals surface area contributed by atoms with Gasteiger partial charge in [0.1, 0.15) is 0 Å². The van der Waals surface area contributed by atoms with E-state index >= 15 is 0 Å². The van der Waals surface area contributed by atoms with Crippen molar-refractivity contribution in [1.82, 2.24) is 14.8 Å². The van der Waals surface area contributed by atoms with Gasteiger partial charge in [-0.15, -0.1) is 0 Å². The second-order valence-electron chi connectivity index (χ2n) is 5.00. The molecule has 6 heteroatoms. The summed E-state index contributed by atoms with van der Waals surface area (Å²) in [4.78, 5) is 0. The van der Waals surface area contributed by atoms with Crippen LogP contribution in [0.4, 0.5) is 0 Å². The van der Waals surface area contributed by atoms with Crippen molar-refractivity contribution < 1.29 is 8.42 Å². The molecule has 1 atom stereocenters. The fourth-order valence-electron chi connectivity index (χ4n) is 1.58. The molecule has 0 amide bonds. The highest BCUT2D eigenvalue weighted by molar-refractivity contribution is 7.87. The van der Waals surface area contributed by atoms with Crippen LogP contribution in [0.3, 0.4) is 0 Å². The molecule has 1 aliphatic heterocycles. The molecule has 1 rings (SSSR count).